The first-order valence-corrected chi connectivity index (χ1v) is 11.8. The Labute approximate surface area is 208 Å². The summed E-state index contributed by atoms with van der Waals surface area (Å²) in [7, 11) is 0. The SMILES string of the molecule is [C-]#[N+]c1ccc(-c2c[nH]c3c(OC4C5COCC4CN(C(=O)OC(C)(C)C)C5)ncnc23)c(Cl)c1. The van der Waals surface area contributed by atoms with Crippen molar-refractivity contribution in [1.82, 2.24) is 19.9 Å². The maximum atomic E-state index is 12.7. The number of hydrogen-bond acceptors (Lipinski definition) is 6. The number of hydrogen-bond donors (Lipinski definition) is 1. The first-order chi connectivity index (χ1) is 16.7. The molecule has 0 saturated carbocycles. The second kappa shape index (κ2) is 9.02. The number of carbonyl (C=O) groups is 1. The fraction of sp³-hybridized carbons (Fsp3) is 0.440. The number of nitrogens with zero attached hydrogens (tertiary/aromatic N) is 4. The Morgan fingerprint density at radius 2 is 1.97 bits per heavy atom. The summed E-state index contributed by atoms with van der Waals surface area (Å²) in [6, 6.07) is 5.18. The van der Waals surface area contributed by atoms with Crippen molar-refractivity contribution in [3.63, 3.8) is 0 Å². The van der Waals surface area contributed by atoms with Crippen molar-refractivity contribution in [1.29, 1.82) is 0 Å². The van der Waals surface area contributed by atoms with Gasteiger partial charge in [-0.25, -0.2) is 14.6 Å². The van der Waals surface area contributed by atoms with Gasteiger partial charge in [0.1, 0.15) is 29.1 Å². The fourth-order valence-corrected chi connectivity index (χ4v) is 4.98. The zero-order chi connectivity index (χ0) is 24.7. The number of rotatable bonds is 3. The second-order valence-electron chi connectivity index (χ2n) is 9.91. The van der Waals surface area contributed by atoms with Crippen LogP contribution in [0.5, 0.6) is 5.88 Å². The smallest absolute Gasteiger partial charge is 0.410 e. The van der Waals surface area contributed by atoms with E-state index in [-0.39, 0.29) is 24.0 Å². The van der Waals surface area contributed by atoms with Crippen molar-refractivity contribution < 1.29 is 19.0 Å². The highest BCUT2D eigenvalue weighted by Crippen LogP contribution is 2.38. The molecule has 1 N–H and O–H groups in total. The van der Waals surface area contributed by atoms with Gasteiger partial charge in [-0.3, -0.25) is 0 Å². The van der Waals surface area contributed by atoms with Crippen molar-refractivity contribution in [2.45, 2.75) is 32.5 Å². The molecule has 2 atom stereocenters. The first kappa shape index (κ1) is 23.4. The van der Waals surface area contributed by atoms with Crippen LogP contribution in [0.1, 0.15) is 20.8 Å². The molecule has 0 aliphatic carbocycles. The summed E-state index contributed by atoms with van der Waals surface area (Å²) in [5.41, 5.74) is 2.85. The number of amides is 1. The molecule has 3 aromatic rings. The molecule has 4 heterocycles. The van der Waals surface area contributed by atoms with Crippen molar-refractivity contribution in [3.05, 3.63) is 47.2 Å². The Kier molecular flexibility index (Phi) is 6.03. The molecule has 2 saturated heterocycles. The number of likely N-dealkylation sites (tertiary alicyclic amines) is 1. The zero-order valence-corrected chi connectivity index (χ0v) is 20.5. The predicted molar refractivity (Wildman–Crippen MR) is 131 cm³/mol. The lowest BCUT2D eigenvalue weighted by atomic mass is 9.84. The summed E-state index contributed by atoms with van der Waals surface area (Å²) in [4.78, 5) is 29.9. The van der Waals surface area contributed by atoms with E-state index in [1.807, 2.05) is 33.0 Å². The third-order valence-electron chi connectivity index (χ3n) is 6.20. The largest absolute Gasteiger partial charge is 0.472 e. The second-order valence-corrected chi connectivity index (χ2v) is 10.3. The Morgan fingerprint density at radius 3 is 2.63 bits per heavy atom. The number of aromatic amines is 1. The molecule has 5 rings (SSSR count). The summed E-state index contributed by atoms with van der Waals surface area (Å²) in [6.45, 7) is 14.7. The minimum absolute atomic E-state index is 0.00919. The third kappa shape index (κ3) is 4.64. The van der Waals surface area contributed by atoms with Gasteiger partial charge < -0.3 is 24.1 Å². The molecule has 2 aromatic heterocycles. The highest BCUT2D eigenvalue weighted by molar-refractivity contribution is 6.34. The molecule has 0 spiro atoms. The molecule has 1 amide bonds. The standard InChI is InChI=1S/C25H26ClN5O4/c1-25(2,3)35-24(32)31-9-14-11-33-12-15(10-31)22(14)34-23-21-20(29-13-30-23)18(8-28-21)17-6-5-16(27-4)7-19(17)26/h5-8,13-15,22,28H,9-12H2,1-3H3. The maximum Gasteiger partial charge on any atom is 0.410 e. The lowest BCUT2D eigenvalue weighted by Crippen LogP contribution is -2.59. The van der Waals surface area contributed by atoms with Crippen LogP contribution in [-0.2, 0) is 9.47 Å². The quantitative estimate of drug-likeness (QED) is 0.509. The van der Waals surface area contributed by atoms with E-state index in [0.717, 1.165) is 11.1 Å². The number of piperidine rings is 1. The summed E-state index contributed by atoms with van der Waals surface area (Å²) >= 11 is 6.45. The number of fused-ring (bicyclic) bond motifs is 3. The molecule has 35 heavy (non-hydrogen) atoms. The number of halogens is 1. The average molecular weight is 496 g/mol. The fourth-order valence-electron chi connectivity index (χ4n) is 4.70. The molecular formula is C25H26ClN5O4. The van der Waals surface area contributed by atoms with Gasteiger partial charge in [-0.2, -0.15) is 4.98 Å². The van der Waals surface area contributed by atoms with Gasteiger partial charge in [0.05, 0.1) is 19.8 Å². The van der Waals surface area contributed by atoms with Crippen LogP contribution in [0.25, 0.3) is 27.0 Å². The highest BCUT2D eigenvalue weighted by atomic mass is 35.5. The van der Waals surface area contributed by atoms with Crippen molar-refractivity contribution in [2.75, 3.05) is 26.3 Å². The predicted octanol–water partition coefficient (Wildman–Crippen LogP) is 5.09. The van der Waals surface area contributed by atoms with Crippen LogP contribution in [0.3, 0.4) is 0 Å². The summed E-state index contributed by atoms with van der Waals surface area (Å²) in [6.07, 6.45) is 2.82. The van der Waals surface area contributed by atoms with Gasteiger partial charge >= 0.3 is 6.09 Å². The minimum atomic E-state index is -0.548. The Balaban J connectivity index is 1.40. The van der Waals surface area contributed by atoms with Crippen molar-refractivity contribution in [2.24, 2.45) is 11.8 Å². The zero-order valence-electron chi connectivity index (χ0n) is 19.7. The normalized spacial score (nSPS) is 22.0. The van der Waals surface area contributed by atoms with Gasteiger partial charge in [-0.15, -0.1) is 0 Å². The van der Waals surface area contributed by atoms with Gasteiger partial charge in [-0.05, 0) is 26.8 Å². The molecule has 0 radical (unpaired) electrons. The Morgan fingerprint density at radius 1 is 1.23 bits per heavy atom. The third-order valence-corrected chi connectivity index (χ3v) is 6.52. The summed E-state index contributed by atoms with van der Waals surface area (Å²) in [5.74, 6) is 0.429. The van der Waals surface area contributed by atoms with Crippen molar-refractivity contribution in [3.8, 4) is 17.0 Å². The van der Waals surface area contributed by atoms with E-state index in [1.165, 1.54) is 6.33 Å². The van der Waals surface area contributed by atoms with Crippen LogP contribution >= 0.6 is 11.6 Å². The molecule has 2 fully saturated rings. The van der Waals surface area contributed by atoms with E-state index >= 15 is 0 Å². The lowest BCUT2D eigenvalue weighted by molar-refractivity contribution is -0.112. The number of H-pyrrole nitrogens is 1. The van der Waals surface area contributed by atoms with E-state index in [9.17, 15) is 4.79 Å². The minimum Gasteiger partial charge on any atom is -0.472 e. The van der Waals surface area contributed by atoms with E-state index in [1.54, 1.807) is 17.0 Å². The molecule has 1 aromatic carbocycles. The van der Waals surface area contributed by atoms with Crippen LogP contribution in [0, 0.1) is 18.4 Å². The topological polar surface area (TPSA) is 93.9 Å². The number of aromatic nitrogens is 3. The van der Waals surface area contributed by atoms with Gasteiger partial charge in [0, 0.05) is 47.3 Å². The van der Waals surface area contributed by atoms with Gasteiger partial charge in [0.15, 0.2) is 5.69 Å². The average Bonchev–Trinajstić information content (AvgIpc) is 3.22. The molecule has 10 heteroatoms. The lowest BCUT2D eigenvalue weighted by Gasteiger charge is -2.46. The van der Waals surface area contributed by atoms with Crippen LogP contribution < -0.4 is 4.74 Å². The molecule has 9 nitrogen and oxygen atoms in total. The number of ether oxygens (including phenoxy) is 3. The van der Waals surface area contributed by atoms with Crippen LogP contribution in [0.4, 0.5) is 10.5 Å². The molecular weight excluding hydrogens is 470 g/mol. The summed E-state index contributed by atoms with van der Waals surface area (Å²) in [5, 5.41) is 0.474. The van der Waals surface area contributed by atoms with E-state index < -0.39 is 5.60 Å². The molecule has 2 unspecified atom stereocenters. The highest BCUT2D eigenvalue weighted by Gasteiger charge is 2.44. The Hall–Kier alpha value is -3.35. The summed E-state index contributed by atoms with van der Waals surface area (Å²) < 4.78 is 17.8. The molecule has 2 aliphatic heterocycles. The van der Waals surface area contributed by atoms with Crippen LogP contribution in [0.15, 0.2) is 30.7 Å². The Bertz CT molecular complexity index is 1300. The van der Waals surface area contributed by atoms with E-state index in [4.69, 9.17) is 32.4 Å². The van der Waals surface area contributed by atoms with E-state index in [0.29, 0.717) is 53.9 Å². The molecule has 2 aliphatic rings. The molecule has 182 valence electrons. The number of benzene rings is 1. The number of nitrogens with one attached hydrogen (secondary N) is 1. The van der Waals surface area contributed by atoms with Crippen molar-refractivity contribution >= 4 is 34.4 Å². The van der Waals surface area contributed by atoms with E-state index in [2.05, 4.69) is 19.8 Å². The van der Waals surface area contributed by atoms with Gasteiger partial charge in [-0.1, -0.05) is 23.7 Å². The van der Waals surface area contributed by atoms with Crippen LogP contribution in [-0.4, -0.2) is 64.0 Å². The monoisotopic (exact) mass is 495 g/mol. The maximum absolute atomic E-state index is 12.7. The van der Waals surface area contributed by atoms with Gasteiger partial charge in [0.25, 0.3) is 0 Å². The number of carbonyl (C=O) groups excluding carboxylic acids is 1. The van der Waals surface area contributed by atoms with Crippen LogP contribution in [0.2, 0.25) is 5.02 Å². The molecule has 2 bridgehead atoms. The first-order valence-electron chi connectivity index (χ1n) is 11.5. The van der Waals surface area contributed by atoms with Gasteiger partial charge in [0.2, 0.25) is 5.88 Å².